The van der Waals surface area contributed by atoms with Crippen molar-refractivity contribution in [1.82, 2.24) is 4.90 Å². The first-order chi connectivity index (χ1) is 14.3. The molecule has 0 radical (unpaired) electrons. The number of non-ortho nitro benzene ring substituents is 1. The molecule has 164 valence electrons. The lowest BCUT2D eigenvalue weighted by Gasteiger charge is -2.24. The number of phenols is 2. The maximum absolute atomic E-state index is 12.8. The first kappa shape index (κ1) is 22.5. The van der Waals surface area contributed by atoms with E-state index >= 15 is 0 Å². The number of fused-ring (bicyclic) bond motifs is 1. The van der Waals surface area contributed by atoms with Crippen LogP contribution in [0.4, 0.5) is 5.69 Å². The lowest BCUT2D eigenvalue weighted by molar-refractivity contribution is -0.384. The van der Waals surface area contributed by atoms with Crippen molar-refractivity contribution in [3.63, 3.8) is 0 Å². The lowest BCUT2D eigenvalue weighted by Crippen LogP contribution is -2.32. The van der Waals surface area contributed by atoms with Gasteiger partial charge in [-0.05, 0) is 20.0 Å². The molecule has 2 heterocycles. The van der Waals surface area contributed by atoms with Crippen LogP contribution in [0.15, 0.2) is 45.6 Å². The van der Waals surface area contributed by atoms with Crippen LogP contribution < -0.4 is 5.43 Å². The highest BCUT2D eigenvalue weighted by Crippen LogP contribution is 2.44. The predicted octanol–water partition coefficient (Wildman–Crippen LogP) is 2.98. The topological polar surface area (TPSA) is 137 Å². The number of halogens is 1. The Balaban J connectivity index is 0.00000272. The minimum Gasteiger partial charge on any atom is -0.507 e. The van der Waals surface area contributed by atoms with Crippen LogP contribution in [0.2, 0.25) is 0 Å². The third kappa shape index (κ3) is 3.83. The Bertz CT molecular complexity index is 1210. The zero-order valence-electron chi connectivity index (χ0n) is 16.5. The van der Waals surface area contributed by atoms with E-state index in [1.165, 1.54) is 18.2 Å². The van der Waals surface area contributed by atoms with Crippen LogP contribution in [0.25, 0.3) is 22.3 Å². The summed E-state index contributed by atoms with van der Waals surface area (Å²) in [6, 6.07) is 7.63. The number of aromatic hydroxyl groups is 2. The average Bonchev–Trinajstić information content (AvgIpc) is 3.07. The molecule has 0 spiro atoms. The third-order valence-corrected chi connectivity index (χ3v) is 5.72. The van der Waals surface area contributed by atoms with E-state index in [2.05, 4.69) is 0 Å². The van der Waals surface area contributed by atoms with Gasteiger partial charge in [0.15, 0.2) is 5.43 Å². The number of nitrogens with zero attached hydrogens (tertiary/aromatic N) is 2. The van der Waals surface area contributed by atoms with Gasteiger partial charge in [-0.2, -0.15) is 0 Å². The molecular formula is C21H21ClN2O7. The second kappa shape index (κ2) is 8.54. The molecule has 1 aliphatic rings. The van der Waals surface area contributed by atoms with Crippen molar-refractivity contribution in [1.29, 1.82) is 0 Å². The summed E-state index contributed by atoms with van der Waals surface area (Å²) in [5.74, 6) is -0.906. The minimum absolute atomic E-state index is 0. The monoisotopic (exact) mass is 448 g/mol. The van der Waals surface area contributed by atoms with Crippen LogP contribution in [-0.2, 0) is 0 Å². The summed E-state index contributed by atoms with van der Waals surface area (Å²) in [5, 5.41) is 41.7. The Labute approximate surface area is 182 Å². The van der Waals surface area contributed by atoms with Crippen molar-refractivity contribution < 1.29 is 24.7 Å². The van der Waals surface area contributed by atoms with E-state index in [0.29, 0.717) is 24.1 Å². The van der Waals surface area contributed by atoms with Gasteiger partial charge >= 0.3 is 0 Å². The van der Waals surface area contributed by atoms with Crippen molar-refractivity contribution in [2.24, 2.45) is 0 Å². The Morgan fingerprint density at radius 1 is 1.23 bits per heavy atom. The Kier molecular flexibility index (Phi) is 6.21. The molecule has 0 unspecified atom stereocenters. The summed E-state index contributed by atoms with van der Waals surface area (Å²) < 4.78 is 5.95. The van der Waals surface area contributed by atoms with Gasteiger partial charge < -0.3 is 24.6 Å². The Morgan fingerprint density at radius 3 is 2.65 bits per heavy atom. The van der Waals surface area contributed by atoms with E-state index in [1.807, 2.05) is 11.9 Å². The van der Waals surface area contributed by atoms with Crippen LogP contribution >= 0.6 is 12.4 Å². The standard InChI is InChI=1S/C21H20N2O7.ClH/c1-22-6-5-13(14(22)10-24)19-15(25)8-16(26)20-17(27)9-18(30-21(19)20)11-3-2-4-12(7-11)23(28)29;/h2-4,7-9,13-14,24-26H,5-6,10H2,1H3;1H/t13-,14+;/m0./s1. The summed E-state index contributed by atoms with van der Waals surface area (Å²) in [7, 11) is 1.85. The van der Waals surface area contributed by atoms with Gasteiger partial charge in [0.05, 0.1) is 11.5 Å². The molecule has 10 heteroatoms. The highest BCUT2D eigenvalue weighted by atomic mass is 35.5. The smallest absolute Gasteiger partial charge is 0.270 e. The number of benzene rings is 2. The minimum atomic E-state index is -0.550. The molecule has 1 aliphatic heterocycles. The molecule has 4 rings (SSSR count). The highest BCUT2D eigenvalue weighted by Gasteiger charge is 2.36. The number of phenolic OH excluding ortho intramolecular Hbond substituents is 2. The van der Waals surface area contributed by atoms with E-state index < -0.39 is 16.1 Å². The quantitative estimate of drug-likeness (QED) is 0.409. The number of rotatable bonds is 4. The molecule has 0 bridgehead atoms. The maximum atomic E-state index is 12.8. The molecule has 0 saturated carbocycles. The van der Waals surface area contributed by atoms with Crippen molar-refractivity contribution in [3.05, 3.63) is 62.3 Å². The fraction of sp³-hybridized carbons (Fsp3) is 0.286. The van der Waals surface area contributed by atoms with Gasteiger partial charge in [0.2, 0.25) is 0 Å². The van der Waals surface area contributed by atoms with E-state index in [1.54, 1.807) is 6.07 Å². The molecule has 31 heavy (non-hydrogen) atoms. The largest absolute Gasteiger partial charge is 0.507 e. The molecule has 1 aromatic heterocycles. The third-order valence-electron chi connectivity index (χ3n) is 5.72. The van der Waals surface area contributed by atoms with Crippen molar-refractivity contribution in [3.8, 4) is 22.8 Å². The summed E-state index contributed by atoms with van der Waals surface area (Å²) in [6.45, 7) is 0.518. The molecule has 0 aliphatic carbocycles. The Hall–Kier alpha value is -3.14. The van der Waals surface area contributed by atoms with Gasteiger partial charge in [-0.25, -0.2) is 0 Å². The molecule has 2 aromatic carbocycles. The number of nitro groups is 1. The van der Waals surface area contributed by atoms with Gasteiger partial charge in [-0.3, -0.25) is 14.9 Å². The van der Waals surface area contributed by atoms with Crippen molar-refractivity contribution >= 4 is 29.1 Å². The zero-order valence-corrected chi connectivity index (χ0v) is 17.3. The summed E-state index contributed by atoms with van der Waals surface area (Å²) in [5.41, 5.74) is -0.0366. The van der Waals surface area contributed by atoms with E-state index in [-0.39, 0.29) is 59.1 Å². The molecule has 3 N–H and O–H groups in total. The lowest BCUT2D eigenvalue weighted by atomic mass is 9.89. The fourth-order valence-corrected chi connectivity index (χ4v) is 4.21. The van der Waals surface area contributed by atoms with Crippen molar-refractivity contribution in [2.75, 3.05) is 20.2 Å². The number of likely N-dealkylation sites (N-methyl/N-ethyl adjacent to an activating group) is 1. The summed E-state index contributed by atoms with van der Waals surface area (Å²) in [6.07, 6.45) is 0.611. The number of nitro benzene ring substituents is 1. The van der Waals surface area contributed by atoms with Crippen LogP contribution in [0.5, 0.6) is 11.5 Å². The SMILES string of the molecule is CN1CC[C@H](c2c(O)cc(O)c3c(=O)cc(-c4cccc([N+](=O)[O-])c4)oc23)[C@H]1CO.Cl. The number of likely N-dealkylation sites (tertiary alicyclic amines) is 1. The molecular weight excluding hydrogens is 428 g/mol. The molecule has 0 amide bonds. The number of hydrogen-bond donors (Lipinski definition) is 3. The normalized spacial score (nSPS) is 18.8. The molecule has 1 saturated heterocycles. The predicted molar refractivity (Wildman–Crippen MR) is 116 cm³/mol. The molecule has 2 atom stereocenters. The average molecular weight is 449 g/mol. The second-order valence-corrected chi connectivity index (χ2v) is 7.44. The van der Waals surface area contributed by atoms with Crippen LogP contribution in [0, 0.1) is 10.1 Å². The molecule has 1 fully saturated rings. The van der Waals surface area contributed by atoms with Gasteiger partial charge in [0.1, 0.15) is 28.2 Å². The van der Waals surface area contributed by atoms with Crippen LogP contribution in [0.1, 0.15) is 17.9 Å². The summed E-state index contributed by atoms with van der Waals surface area (Å²) in [4.78, 5) is 25.3. The van der Waals surface area contributed by atoms with Gasteiger partial charge in [-0.15, -0.1) is 12.4 Å². The first-order valence-electron chi connectivity index (χ1n) is 9.40. The first-order valence-corrected chi connectivity index (χ1v) is 9.40. The Morgan fingerprint density at radius 2 is 1.97 bits per heavy atom. The van der Waals surface area contributed by atoms with Crippen LogP contribution in [-0.4, -0.2) is 51.4 Å². The van der Waals surface area contributed by atoms with E-state index in [4.69, 9.17) is 4.42 Å². The van der Waals surface area contributed by atoms with E-state index in [0.717, 1.165) is 12.1 Å². The number of aliphatic hydroxyl groups is 1. The second-order valence-electron chi connectivity index (χ2n) is 7.44. The van der Waals surface area contributed by atoms with Gasteiger partial charge in [0, 0.05) is 47.4 Å². The maximum Gasteiger partial charge on any atom is 0.270 e. The number of aliphatic hydroxyl groups excluding tert-OH is 1. The fourth-order valence-electron chi connectivity index (χ4n) is 4.21. The van der Waals surface area contributed by atoms with Crippen LogP contribution in [0.3, 0.4) is 0 Å². The molecule has 3 aromatic rings. The van der Waals surface area contributed by atoms with E-state index in [9.17, 15) is 30.2 Å². The summed E-state index contributed by atoms with van der Waals surface area (Å²) >= 11 is 0. The molecule has 9 nitrogen and oxygen atoms in total. The van der Waals surface area contributed by atoms with Gasteiger partial charge in [-0.1, -0.05) is 12.1 Å². The highest BCUT2D eigenvalue weighted by molar-refractivity contribution is 5.90. The number of hydrogen-bond acceptors (Lipinski definition) is 8. The van der Waals surface area contributed by atoms with Crippen molar-refractivity contribution in [2.45, 2.75) is 18.4 Å². The van der Waals surface area contributed by atoms with Gasteiger partial charge in [0.25, 0.3) is 5.69 Å². The zero-order chi connectivity index (χ0) is 21.6.